The molecule has 0 spiro atoms. The highest BCUT2D eigenvalue weighted by Crippen LogP contribution is 2.22. The number of fused-ring (bicyclic) bond motifs is 1. The van der Waals surface area contributed by atoms with Crippen molar-refractivity contribution in [1.82, 2.24) is 0 Å². The smallest absolute Gasteiger partial charge is 0.508 e. The van der Waals surface area contributed by atoms with Gasteiger partial charge in [-0.3, -0.25) is 0 Å². The van der Waals surface area contributed by atoms with E-state index in [9.17, 15) is 22.4 Å². The number of phenolic OH excluding ortho intramolecular Hbond substituents is 1. The van der Waals surface area contributed by atoms with E-state index in [0.717, 1.165) is 39.8 Å². The zero-order valence-corrected chi connectivity index (χ0v) is 16.7. The SMILES string of the molecule is CCc1ccc2oc(-c3ccccc3)cc(=[NH+]c3ccc(O)cc3)c2c1.F[B-](F)(F)F. The molecule has 2 N–H and O–H groups in total. The van der Waals surface area contributed by atoms with Crippen molar-refractivity contribution in [1.29, 1.82) is 0 Å². The van der Waals surface area contributed by atoms with Crippen molar-refractivity contribution < 1.29 is 31.8 Å². The van der Waals surface area contributed by atoms with Gasteiger partial charge >= 0.3 is 7.25 Å². The van der Waals surface area contributed by atoms with Gasteiger partial charge in [-0.2, -0.15) is 0 Å². The molecule has 0 saturated carbocycles. The van der Waals surface area contributed by atoms with E-state index in [1.165, 1.54) is 5.56 Å². The van der Waals surface area contributed by atoms with Crippen LogP contribution in [0.25, 0.3) is 22.3 Å². The van der Waals surface area contributed by atoms with Gasteiger partial charge in [0.1, 0.15) is 17.1 Å². The van der Waals surface area contributed by atoms with Crippen molar-refractivity contribution in [3.63, 3.8) is 0 Å². The number of phenols is 1. The van der Waals surface area contributed by atoms with E-state index in [1.807, 2.05) is 54.6 Å². The largest absolute Gasteiger partial charge is 0.673 e. The van der Waals surface area contributed by atoms with E-state index >= 15 is 0 Å². The molecule has 4 aromatic rings. The predicted octanol–water partition coefficient (Wildman–Crippen LogP) is 4.98. The number of aryl methyl sites for hydroxylation is 1. The van der Waals surface area contributed by atoms with Crippen LogP contribution in [0.3, 0.4) is 0 Å². The number of rotatable bonds is 3. The Morgan fingerprint density at radius 1 is 0.871 bits per heavy atom. The molecular weight excluding hydrogens is 409 g/mol. The Morgan fingerprint density at radius 3 is 2.13 bits per heavy atom. The molecule has 0 aliphatic rings. The second-order valence-electron chi connectivity index (χ2n) is 6.74. The second kappa shape index (κ2) is 9.51. The monoisotopic (exact) mass is 429 g/mol. The summed E-state index contributed by atoms with van der Waals surface area (Å²) >= 11 is 0. The minimum absolute atomic E-state index is 0.252. The van der Waals surface area contributed by atoms with E-state index in [4.69, 9.17) is 4.42 Å². The van der Waals surface area contributed by atoms with E-state index < -0.39 is 7.25 Å². The first-order chi connectivity index (χ1) is 14.7. The molecule has 0 amide bonds. The van der Waals surface area contributed by atoms with Crippen molar-refractivity contribution in [2.45, 2.75) is 13.3 Å². The van der Waals surface area contributed by atoms with Crippen LogP contribution in [0.5, 0.6) is 5.75 Å². The molecule has 0 radical (unpaired) electrons. The fraction of sp³-hybridized carbons (Fsp3) is 0.0870. The topological polar surface area (TPSA) is 47.3 Å². The van der Waals surface area contributed by atoms with Crippen LogP contribution in [0.1, 0.15) is 12.5 Å². The van der Waals surface area contributed by atoms with Crippen LogP contribution in [0, 0.1) is 0 Å². The average Bonchev–Trinajstić information content (AvgIpc) is 2.74. The van der Waals surface area contributed by atoms with Crippen molar-refractivity contribution in [3.8, 4) is 17.1 Å². The highest BCUT2D eigenvalue weighted by atomic mass is 19.5. The molecule has 0 unspecified atom stereocenters. The molecule has 160 valence electrons. The molecule has 0 aliphatic heterocycles. The van der Waals surface area contributed by atoms with Crippen LogP contribution < -0.4 is 10.3 Å². The normalized spacial score (nSPS) is 11.8. The van der Waals surface area contributed by atoms with E-state index in [-0.39, 0.29) is 5.75 Å². The third kappa shape index (κ3) is 6.47. The highest BCUT2D eigenvalue weighted by molar-refractivity contribution is 6.50. The maximum absolute atomic E-state index is 9.75. The highest BCUT2D eigenvalue weighted by Gasteiger charge is 2.20. The summed E-state index contributed by atoms with van der Waals surface area (Å²) in [5, 5.41) is 11.5. The van der Waals surface area contributed by atoms with Crippen LogP contribution in [-0.2, 0) is 6.42 Å². The summed E-state index contributed by atoms with van der Waals surface area (Å²) in [4.78, 5) is 3.46. The van der Waals surface area contributed by atoms with Crippen LogP contribution in [0.15, 0.2) is 83.3 Å². The van der Waals surface area contributed by atoms with Crippen LogP contribution in [-0.4, -0.2) is 12.4 Å². The second-order valence-corrected chi connectivity index (χ2v) is 6.74. The summed E-state index contributed by atoms with van der Waals surface area (Å²) in [6, 6.07) is 25.5. The van der Waals surface area contributed by atoms with Crippen molar-refractivity contribution in [3.05, 3.63) is 89.8 Å². The van der Waals surface area contributed by atoms with Crippen molar-refractivity contribution >= 4 is 23.9 Å². The average molecular weight is 429 g/mol. The first-order valence-electron chi connectivity index (χ1n) is 9.61. The number of nitrogens with one attached hydrogen (secondary N) is 1. The fourth-order valence-electron chi connectivity index (χ4n) is 3.00. The van der Waals surface area contributed by atoms with Gasteiger partial charge in [-0.1, -0.05) is 43.3 Å². The molecular formula is C23H20BF4NO2. The molecule has 3 nitrogen and oxygen atoms in total. The molecule has 8 heteroatoms. The molecule has 1 aromatic heterocycles. The molecule has 3 aromatic carbocycles. The Kier molecular flexibility index (Phi) is 6.79. The van der Waals surface area contributed by atoms with Gasteiger partial charge < -0.3 is 26.8 Å². The summed E-state index contributed by atoms with van der Waals surface area (Å²) in [5.41, 5.74) is 4.04. The zero-order chi connectivity index (χ0) is 22.4. The molecule has 0 bridgehead atoms. The maximum atomic E-state index is 9.75. The van der Waals surface area contributed by atoms with Crippen LogP contribution in [0.2, 0.25) is 0 Å². The Morgan fingerprint density at radius 2 is 1.52 bits per heavy atom. The molecule has 0 atom stereocenters. The summed E-state index contributed by atoms with van der Waals surface area (Å²) in [7, 11) is -6.00. The Balaban J connectivity index is 0.000000491. The van der Waals surface area contributed by atoms with E-state index in [0.29, 0.717) is 0 Å². The molecule has 31 heavy (non-hydrogen) atoms. The van der Waals surface area contributed by atoms with Gasteiger partial charge in [-0.05, 0) is 36.2 Å². The lowest BCUT2D eigenvalue weighted by Crippen LogP contribution is -2.70. The van der Waals surface area contributed by atoms with Crippen LogP contribution >= 0.6 is 0 Å². The minimum atomic E-state index is -6.00. The first kappa shape index (κ1) is 22.1. The van der Waals surface area contributed by atoms with E-state index in [2.05, 4.69) is 24.0 Å². The van der Waals surface area contributed by atoms with Gasteiger partial charge in [-0.15, -0.1) is 0 Å². The summed E-state index contributed by atoms with van der Waals surface area (Å²) in [6.45, 7) is 2.14. The number of benzene rings is 3. The fourth-order valence-corrected chi connectivity index (χ4v) is 3.00. The molecule has 4 rings (SSSR count). The first-order valence-corrected chi connectivity index (χ1v) is 9.61. The summed E-state index contributed by atoms with van der Waals surface area (Å²) in [5.74, 6) is 1.06. The van der Waals surface area contributed by atoms with Crippen LogP contribution in [0.4, 0.5) is 23.0 Å². The third-order valence-electron chi connectivity index (χ3n) is 4.44. The number of hydrogen-bond donors (Lipinski definition) is 2. The Hall–Kier alpha value is -3.55. The van der Waals surface area contributed by atoms with Crippen molar-refractivity contribution in [2.24, 2.45) is 0 Å². The van der Waals surface area contributed by atoms with Gasteiger partial charge in [-0.25, -0.2) is 4.99 Å². The van der Waals surface area contributed by atoms with Gasteiger partial charge in [0.05, 0.1) is 11.5 Å². The number of aromatic hydroxyl groups is 1. The quantitative estimate of drug-likeness (QED) is 0.274. The molecule has 0 fully saturated rings. The summed E-state index contributed by atoms with van der Waals surface area (Å²) in [6.07, 6.45) is 0.967. The Bertz CT molecular complexity index is 1210. The molecule has 0 aliphatic carbocycles. The van der Waals surface area contributed by atoms with Crippen molar-refractivity contribution in [2.75, 3.05) is 0 Å². The number of halogens is 4. The standard InChI is InChI=1S/C23H19NO2.BF4/c1-2-16-8-13-22-20(14-16)21(24-18-9-11-19(25)12-10-18)15-23(26-22)17-6-4-3-5-7-17;2-1(3,4)5/h3-15,25H,2H2,1H3;/q;-1/p+1. The summed E-state index contributed by atoms with van der Waals surface area (Å²) < 4.78 is 45.2. The predicted molar refractivity (Wildman–Crippen MR) is 113 cm³/mol. The lowest BCUT2D eigenvalue weighted by molar-refractivity contribution is -0.400. The molecule has 1 heterocycles. The van der Waals surface area contributed by atoms with E-state index in [1.54, 1.807) is 12.1 Å². The minimum Gasteiger partial charge on any atom is -0.508 e. The van der Waals surface area contributed by atoms with Gasteiger partial charge in [0.25, 0.3) is 0 Å². The maximum Gasteiger partial charge on any atom is 0.673 e. The lowest BCUT2D eigenvalue weighted by Gasteiger charge is -2.04. The lowest BCUT2D eigenvalue weighted by atomic mass is 10.1. The Labute approximate surface area is 176 Å². The third-order valence-corrected chi connectivity index (χ3v) is 4.44. The molecule has 0 saturated heterocycles. The zero-order valence-electron chi connectivity index (χ0n) is 16.7. The number of hydrogen-bond acceptors (Lipinski definition) is 2. The van der Waals surface area contributed by atoms with Gasteiger partial charge in [0.15, 0.2) is 0 Å². The van der Waals surface area contributed by atoms with Gasteiger partial charge in [0.2, 0.25) is 11.0 Å². The van der Waals surface area contributed by atoms with Gasteiger partial charge in [0, 0.05) is 17.7 Å².